The number of aromatic nitrogens is 4. The molecule has 0 unspecified atom stereocenters. The Balaban J connectivity index is 0.00000133. The number of anilines is 1. The zero-order chi connectivity index (χ0) is 23.9. The molecule has 4 aromatic rings. The van der Waals surface area contributed by atoms with Gasteiger partial charge in [0, 0.05) is 29.7 Å². The molecule has 1 aliphatic heterocycles. The van der Waals surface area contributed by atoms with Crippen LogP contribution < -0.4 is 10.1 Å². The molecule has 34 heavy (non-hydrogen) atoms. The van der Waals surface area contributed by atoms with Crippen LogP contribution >= 0.6 is 11.8 Å². The Morgan fingerprint density at radius 3 is 2.79 bits per heavy atom. The number of carbonyl (C=O) groups is 1. The van der Waals surface area contributed by atoms with Crippen molar-refractivity contribution in [3.05, 3.63) is 77.9 Å². The van der Waals surface area contributed by atoms with Crippen LogP contribution in [0.15, 0.2) is 66.1 Å². The highest BCUT2D eigenvalue weighted by atomic mass is 32.2. The number of benzene rings is 2. The lowest BCUT2D eigenvalue weighted by Gasteiger charge is -2.11. The van der Waals surface area contributed by atoms with E-state index in [2.05, 4.69) is 25.5 Å². The second kappa shape index (κ2) is 10.9. The van der Waals surface area contributed by atoms with Gasteiger partial charge in [-0.25, -0.2) is 9.37 Å². The minimum absolute atomic E-state index is 0.164. The van der Waals surface area contributed by atoms with Gasteiger partial charge < -0.3 is 10.1 Å². The molecule has 2 N–H and O–H groups in total. The first-order valence-electron chi connectivity index (χ1n) is 11.0. The van der Waals surface area contributed by atoms with Crippen LogP contribution in [0.2, 0.25) is 0 Å². The number of aryl methyl sites for hydroxylation is 2. The van der Waals surface area contributed by atoms with Crippen molar-refractivity contribution in [3.8, 4) is 22.9 Å². The first-order valence-corrected chi connectivity index (χ1v) is 12.0. The number of nitrogens with zero attached hydrogens (tertiary/aromatic N) is 3. The summed E-state index contributed by atoms with van der Waals surface area (Å²) in [6.45, 7) is 4.00. The fourth-order valence-electron chi connectivity index (χ4n) is 3.44. The first kappa shape index (κ1) is 23.4. The van der Waals surface area contributed by atoms with E-state index in [-0.39, 0.29) is 17.5 Å². The third-order valence-electron chi connectivity index (χ3n) is 4.99. The Kier molecular flexibility index (Phi) is 7.54. The molecule has 0 aliphatic carbocycles. The molecule has 0 saturated carbocycles. The van der Waals surface area contributed by atoms with Gasteiger partial charge in [-0.1, -0.05) is 31.7 Å². The fourth-order valence-corrected chi connectivity index (χ4v) is 4.04. The molecule has 174 valence electrons. The van der Waals surface area contributed by atoms with Gasteiger partial charge in [0.15, 0.2) is 5.82 Å². The summed E-state index contributed by atoms with van der Waals surface area (Å²) in [6.07, 6.45) is 4.85. The molecule has 7 nitrogen and oxygen atoms in total. The van der Waals surface area contributed by atoms with Crippen molar-refractivity contribution in [3.63, 3.8) is 0 Å². The zero-order valence-electron chi connectivity index (χ0n) is 18.8. The lowest BCUT2D eigenvalue weighted by Crippen LogP contribution is -2.14. The third kappa shape index (κ3) is 5.60. The standard InChI is InChI=1S/C23H18FN5O2S.C2H6/c24-17-6-5-14-3-4-15-10-18(7-8-19(15)31-20(14)11-17)26-21(30)13-32-23-27-22(28-29-23)16-2-1-9-25-12-16;1-2/h1-2,5-12H,3-4,13H2,(H,26,30)(H,27,28,29);1-2H3. The summed E-state index contributed by atoms with van der Waals surface area (Å²) in [6, 6.07) is 13.8. The van der Waals surface area contributed by atoms with E-state index >= 15 is 0 Å². The predicted molar refractivity (Wildman–Crippen MR) is 131 cm³/mol. The molecule has 0 fully saturated rings. The maximum atomic E-state index is 13.6. The van der Waals surface area contributed by atoms with Crippen molar-refractivity contribution < 1.29 is 13.9 Å². The zero-order valence-corrected chi connectivity index (χ0v) is 19.7. The van der Waals surface area contributed by atoms with Gasteiger partial charge in [-0.15, -0.1) is 5.10 Å². The highest BCUT2D eigenvalue weighted by molar-refractivity contribution is 7.99. The number of ether oxygens (including phenoxy) is 1. The van der Waals surface area contributed by atoms with Crippen LogP contribution in [-0.4, -0.2) is 31.8 Å². The van der Waals surface area contributed by atoms with Crippen LogP contribution in [0.25, 0.3) is 11.4 Å². The SMILES string of the molecule is CC.O=C(CSc1n[nH]c(-c2cccnc2)n1)Nc1ccc2c(c1)CCc1ccc(F)cc1O2. The molecule has 2 aromatic heterocycles. The summed E-state index contributed by atoms with van der Waals surface area (Å²) in [4.78, 5) is 20.9. The molecule has 0 spiro atoms. The molecule has 9 heteroatoms. The fraction of sp³-hybridized carbons (Fsp3) is 0.200. The van der Waals surface area contributed by atoms with Crippen LogP contribution in [0.4, 0.5) is 10.1 Å². The number of H-pyrrole nitrogens is 1. The Morgan fingerprint density at radius 2 is 1.97 bits per heavy atom. The monoisotopic (exact) mass is 477 g/mol. The molecule has 0 bridgehead atoms. The van der Waals surface area contributed by atoms with Crippen molar-refractivity contribution in [2.24, 2.45) is 0 Å². The first-order chi connectivity index (χ1) is 16.6. The Labute approximate surface area is 201 Å². The number of hydrogen-bond donors (Lipinski definition) is 2. The summed E-state index contributed by atoms with van der Waals surface area (Å²) in [5.74, 6) is 1.49. The van der Waals surface area contributed by atoms with Crippen LogP contribution in [0, 0.1) is 5.82 Å². The molecule has 0 radical (unpaired) electrons. The van der Waals surface area contributed by atoms with Gasteiger partial charge in [-0.2, -0.15) is 0 Å². The average Bonchev–Trinajstić information content (AvgIpc) is 3.27. The Hall–Kier alpha value is -3.72. The van der Waals surface area contributed by atoms with Crippen LogP contribution in [0.1, 0.15) is 25.0 Å². The smallest absolute Gasteiger partial charge is 0.234 e. The van der Waals surface area contributed by atoms with E-state index in [1.165, 1.54) is 23.9 Å². The summed E-state index contributed by atoms with van der Waals surface area (Å²) in [5, 5.41) is 10.4. The number of carbonyl (C=O) groups excluding carboxylic acids is 1. The summed E-state index contributed by atoms with van der Waals surface area (Å²) in [7, 11) is 0. The Bertz CT molecular complexity index is 1280. The quantitative estimate of drug-likeness (QED) is 0.361. The van der Waals surface area contributed by atoms with Crippen molar-refractivity contribution in [2.45, 2.75) is 31.8 Å². The van der Waals surface area contributed by atoms with E-state index in [4.69, 9.17) is 4.74 Å². The molecule has 0 saturated heterocycles. The van der Waals surface area contributed by atoms with Gasteiger partial charge in [0.2, 0.25) is 11.1 Å². The van der Waals surface area contributed by atoms with E-state index in [1.54, 1.807) is 30.6 Å². The molecular weight excluding hydrogens is 453 g/mol. The molecule has 0 atom stereocenters. The lowest BCUT2D eigenvalue weighted by atomic mass is 10.0. The van der Waals surface area contributed by atoms with Gasteiger partial charge in [-0.3, -0.25) is 14.9 Å². The lowest BCUT2D eigenvalue weighted by molar-refractivity contribution is -0.113. The Morgan fingerprint density at radius 1 is 1.12 bits per heavy atom. The molecular formula is C25H24FN5O2S. The van der Waals surface area contributed by atoms with Crippen molar-refractivity contribution in [1.82, 2.24) is 20.2 Å². The molecule has 1 amide bonds. The second-order valence-electron chi connectivity index (χ2n) is 7.22. The molecule has 2 aromatic carbocycles. The number of fused-ring (bicyclic) bond motifs is 2. The summed E-state index contributed by atoms with van der Waals surface area (Å²) in [5.41, 5.74) is 3.43. The number of aromatic amines is 1. The van der Waals surface area contributed by atoms with Gasteiger partial charge in [0.1, 0.15) is 17.3 Å². The number of nitrogens with one attached hydrogen (secondary N) is 2. The molecule has 5 rings (SSSR count). The van der Waals surface area contributed by atoms with Gasteiger partial charge in [0.25, 0.3) is 0 Å². The average molecular weight is 478 g/mol. The van der Waals surface area contributed by atoms with Gasteiger partial charge >= 0.3 is 0 Å². The maximum absolute atomic E-state index is 13.6. The number of rotatable bonds is 5. The molecule has 3 heterocycles. The van der Waals surface area contributed by atoms with Crippen LogP contribution in [-0.2, 0) is 17.6 Å². The van der Waals surface area contributed by atoms with Crippen molar-refractivity contribution in [1.29, 1.82) is 0 Å². The van der Waals surface area contributed by atoms with Gasteiger partial charge in [0.05, 0.1) is 5.75 Å². The summed E-state index contributed by atoms with van der Waals surface area (Å²) < 4.78 is 19.5. The van der Waals surface area contributed by atoms with Crippen LogP contribution in [0.3, 0.4) is 0 Å². The van der Waals surface area contributed by atoms with Crippen molar-refractivity contribution >= 4 is 23.4 Å². The topological polar surface area (TPSA) is 92.8 Å². The largest absolute Gasteiger partial charge is 0.457 e. The minimum atomic E-state index is -0.326. The summed E-state index contributed by atoms with van der Waals surface area (Å²) >= 11 is 1.24. The number of amides is 1. The normalized spacial score (nSPS) is 11.7. The van der Waals surface area contributed by atoms with Crippen molar-refractivity contribution in [2.75, 3.05) is 11.1 Å². The van der Waals surface area contributed by atoms with Crippen LogP contribution in [0.5, 0.6) is 11.5 Å². The van der Waals surface area contributed by atoms with Gasteiger partial charge in [-0.05, 0) is 60.4 Å². The number of hydrogen-bond acceptors (Lipinski definition) is 6. The minimum Gasteiger partial charge on any atom is -0.457 e. The van der Waals surface area contributed by atoms with E-state index in [0.29, 0.717) is 28.2 Å². The number of pyridine rings is 1. The highest BCUT2D eigenvalue weighted by Gasteiger charge is 2.17. The number of thioether (sulfide) groups is 1. The third-order valence-corrected chi connectivity index (χ3v) is 5.84. The highest BCUT2D eigenvalue weighted by Crippen LogP contribution is 2.35. The predicted octanol–water partition coefficient (Wildman–Crippen LogP) is 5.65. The maximum Gasteiger partial charge on any atom is 0.234 e. The van der Waals surface area contributed by atoms with E-state index < -0.39 is 0 Å². The van der Waals surface area contributed by atoms with E-state index in [9.17, 15) is 9.18 Å². The van der Waals surface area contributed by atoms with E-state index in [1.807, 2.05) is 32.0 Å². The number of halogens is 1. The molecule has 1 aliphatic rings. The second-order valence-corrected chi connectivity index (χ2v) is 8.16. The van der Waals surface area contributed by atoms with E-state index in [0.717, 1.165) is 29.5 Å².